The molecule has 0 fully saturated rings. The van der Waals surface area contributed by atoms with E-state index >= 15 is 0 Å². The molecular formula is C19H33N6O3P. The number of guanidine groups is 2. The molecule has 7 N–H and O–H groups in total. The van der Waals surface area contributed by atoms with Crippen LogP contribution in [0.15, 0.2) is 46.5 Å². The van der Waals surface area contributed by atoms with Gasteiger partial charge in [-0.15, -0.1) is 0 Å². The topological polar surface area (TPSA) is 147 Å². The van der Waals surface area contributed by atoms with Crippen molar-refractivity contribution in [2.75, 3.05) is 6.73 Å². The molecule has 0 heterocycles. The van der Waals surface area contributed by atoms with Gasteiger partial charge in [0.25, 0.3) is 0 Å². The van der Waals surface area contributed by atoms with Crippen molar-refractivity contribution in [2.24, 2.45) is 26.9 Å². The minimum absolute atomic E-state index is 0.00212. The fourth-order valence-corrected chi connectivity index (χ4v) is 2.59. The number of hydrogen-bond acceptors (Lipinski definition) is 4. The molecular weight excluding hydrogens is 391 g/mol. The van der Waals surface area contributed by atoms with Crippen LogP contribution in [0.5, 0.6) is 0 Å². The van der Waals surface area contributed by atoms with Crippen LogP contribution in [-0.4, -0.2) is 23.5 Å². The molecule has 10 heteroatoms. The van der Waals surface area contributed by atoms with Gasteiger partial charge in [0.05, 0.1) is 0 Å². The van der Waals surface area contributed by atoms with Gasteiger partial charge in [0, 0.05) is 24.2 Å². The minimum atomic E-state index is -3.05. The summed E-state index contributed by atoms with van der Waals surface area (Å²) in [7, 11) is -3.05. The number of nitrogens with one attached hydrogen (secondary N) is 2. The average Bonchev–Trinajstić information content (AvgIpc) is 2.71. The Labute approximate surface area is 173 Å². The lowest BCUT2D eigenvalue weighted by Crippen LogP contribution is -2.35. The standard InChI is InChI=1S/C19H33N6O3P/c1-5-19(4,6-2)14(3)24-18(25-17(21)23-13-28-29(26)27)22-12-16-9-7-8-15(10-16)11-20/h7-10,29H,3,5-6,11-13,20H2,1-2,4H3,(H,26,27)(H4,21,22,23,24,25). The number of rotatable bonds is 10. The number of nitrogens with zero attached hydrogens (tertiary/aromatic N) is 2. The average molecular weight is 424 g/mol. The molecule has 0 bridgehead atoms. The molecule has 1 aromatic carbocycles. The summed E-state index contributed by atoms with van der Waals surface area (Å²) in [5.41, 5.74) is 14.1. The zero-order valence-corrected chi connectivity index (χ0v) is 18.4. The fourth-order valence-electron chi connectivity index (χ4n) is 2.40. The van der Waals surface area contributed by atoms with E-state index in [0.717, 1.165) is 24.0 Å². The summed E-state index contributed by atoms with van der Waals surface area (Å²) in [6.45, 7) is 11.1. The van der Waals surface area contributed by atoms with Gasteiger partial charge in [0.15, 0.2) is 5.96 Å². The van der Waals surface area contributed by atoms with Crippen molar-refractivity contribution >= 4 is 20.2 Å². The van der Waals surface area contributed by atoms with Crippen LogP contribution in [0.2, 0.25) is 0 Å². The van der Waals surface area contributed by atoms with E-state index in [0.29, 0.717) is 18.8 Å². The number of benzene rings is 1. The highest BCUT2D eigenvalue weighted by Crippen LogP contribution is 2.34. The first kappa shape index (κ1) is 24.8. The van der Waals surface area contributed by atoms with Crippen molar-refractivity contribution in [2.45, 2.75) is 46.7 Å². The fraction of sp³-hybridized carbons (Fsp3) is 0.474. The Morgan fingerprint density at radius 1 is 1.28 bits per heavy atom. The van der Waals surface area contributed by atoms with E-state index in [4.69, 9.17) is 16.4 Å². The maximum atomic E-state index is 10.6. The van der Waals surface area contributed by atoms with Crippen molar-refractivity contribution in [3.63, 3.8) is 0 Å². The molecule has 0 aliphatic carbocycles. The molecule has 1 unspecified atom stereocenters. The number of hydrogen-bond donors (Lipinski definition) is 5. The normalized spacial score (nSPS) is 13.8. The lowest BCUT2D eigenvalue weighted by atomic mass is 9.82. The molecule has 1 atom stereocenters. The van der Waals surface area contributed by atoms with Gasteiger partial charge in [-0.2, -0.15) is 4.99 Å². The highest BCUT2D eigenvalue weighted by molar-refractivity contribution is 7.32. The van der Waals surface area contributed by atoms with Crippen LogP contribution < -0.4 is 22.1 Å². The second-order valence-corrected chi connectivity index (χ2v) is 7.58. The van der Waals surface area contributed by atoms with E-state index in [-0.39, 0.29) is 24.1 Å². The summed E-state index contributed by atoms with van der Waals surface area (Å²) in [4.78, 5) is 17.5. The van der Waals surface area contributed by atoms with Crippen molar-refractivity contribution in [1.29, 1.82) is 0 Å². The predicted octanol–water partition coefficient (Wildman–Crippen LogP) is 2.19. The van der Waals surface area contributed by atoms with Gasteiger partial charge in [-0.25, -0.2) is 4.99 Å². The Bertz CT molecular complexity index is 762. The summed E-state index contributed by atoms with van der Waals surface area (Å²) in [6.07, 6.45) is 1.77. The van der Waals surface area contributed by atoms with E-state index < -0.39 is 8.25 Å². The summed E-state index contributed by atoms with van der Waals surface area (Å²) < 4.78 is 15.2. The van der Waals surface area contributed by atoms with Crippen molar-refractivity contribution in [3.8, 4) is 0 Å². The summed E-state index contributed by atoms with van der Waals surface area (Å²) in [6, 6.07) is 7.87. The lowest BCUT2D eigenvalue weighted by Gasteiger charge is -2.26. The number of nitrogens with two attached hydrogens (primary N) is 2. The molecule has 1 aromatic rings. The number of allylic oxidation sites excluding steroid dienone is 1. The second kappa shape index (κ2) is 12.4. The third kappa shape index (κ3) is 8.79. The first-order valence-electron chi connectivity index (χ1n) is 9.47. The molecule has 9 nitrogen and oxygen atoms in total. The van der Waals surface area contributed by atoms with Gasteiger partial charge in [-0.3, -0.25) is 9.09 Å². The maximum absolute atomic E-state index is 10.6. The van der Waals surface area contributed by atoms with E-state index in [9.17, 15) is 4.57 Å². The van der Waals surface area contributed by atoms with Gasteiger partial charge >= 0.3 is 8.25 Å². The molecule has 0 spiro atoms. The van der Waals surface area contributed by atoms with Crippen molar-refractivity contribution < 1.29 is 14.0 Å². The Kier molecular flexibility index (Phi) is 10.6. The molecule has 1 rings (SSSR count). The Morgan fingerprint density at radius 3 is 2.52 bits per heavy atom. The maximum Gasteiger partial charge on any atom is 0.318 e. The van der Waals surface area contributed by atoms with Gasteiger partial charge < -0.3 is 27.0 Å². The number of aliphatic imine (C=N–C) groups is 2. The highest BCUT2D eigenvalue weighted by Gasteiger charge is 2.23. The van der Waals surface area contributed by atoms with Crippen LogP contribution >= 0.6 is 8.25 Å². The van der Waals surface area contributed by atoms with Crippen LogP contribution in [0, 0.1) is 5.41 Å². The first-order chi connectivity index (χ1) is 13.7. The van der Waals surface area contributed by atoms with Crippen molar-refractivity contribution in [3.05, 3.63) is 47.7 Å². The van der Waals surface area contributed by atoms with Crippen LogP contribution in [0.25, 0.3) is 0 Å². The monoisotopic (exact) mass is 424 g/mol. The van der Waals surface area contributed by atoms with Crippen molar-refractivity contribution in [1.82, 2.24) is 10.6 Å². The van der Waals surface area contributed by atoms with Gasteiger partial charge in [-0.05, 0) is 24.0 Å². The Balaban J connectivity index is 3.01. The zero-order valence-electron chi connectivity index (χ0n) is 17.4. The van der Waals surface area contributed by atoms with E-state index in [1.54, 1.807) is 0 Å². The third-order valence-corrected chi connectivity index (χ3v) is 5.24. The molecule has 0 radical (unpaired) electrons. The molecule has 0 aliphatic rings. The smallest absolute Gasteiger partial charge is 0.318 e. The largest absolute Gasteiger partial charge is 0.370 e. The molecule has 0 saturated heterocycles. The summed E-state index contributed by atoms with van der Waals surface area (Å²) in [5.74, 6) is 0.278. The Morgan fingerprint density at radius 2 is 1.93 bits per heavy atom. The predicted molar refractivity (Wildman–Crippen MR) is 118 cm³/mol. The summed E-state index contributed by atoms with van der Waals surface area (Å²) in [5, 5.41) is 5.77. The molecule has 29 heavy (non-hydrogen) atoms. The molecule has 0 aliphatic heterocycles. The van der Waals surface area contributed by atoms with Gasteiger partial charge in [0.1, 0.15) is 6.73 Å². The lowest BCUT2D eigenvalue weighted by molar-refractivity contribution is 0.275. The Hall–Kier alpha value is -2.19. The first-order valence-corrected chi connectivity index (χ1v) is 10.7. The van der Waals surface area contributed by atoms with Gasteiger partial charge in [-0.1, -0.05) is 51.6 Å². The van der Waals surface area contributed by atoms with E-state index in [2.05, 4.69) is 52.5 Å². The van der Waals surface area contributed by atoms with Crippen LogP contribution in [-0.2, 0) is 22.2 Å². The third-order valence-electron chi connectivity index (χ3n) is 4.85. The molecule has 0 amide bonds. The van der Waals surface area contributed by atoms with Crippen LogP contribution in [0.3, 0.4) is 0 Å². The van der Waals surface area contributed by atoms with Gasteiger partial charge in [0.2, 0.25) is 5.96 Å². The summed E-state index contributed by atoms with van der Waals surface area (Å²) >= 11 is 0. The molecule has 0 aromatic heterocycles. The zero-order chi connectivity index (χ0) is 21.9. The van der Waals surface area contributed by atoms with Crippen LogP contribution in [0.4, 0.5) is 0 Å². The quantitative estimate of drug-likeness (QED) is 0.167. The van der Waals surface area contributed by atoms with Crippen LogP contribution in [0.1, 0.15) is 44.7 Å². The minimum Gasteiger partial charge on any atom is -0.370 e. The SMILES string of the molecule is C=C(/N=C(\N=C(/N)NCO[PH](=O)O)NCc1cccc(CN)c1)C(C)(CC)CC. The second-order valence-electron chi connectivity index (χ2n) is 6.76. The highest BCUT2D eigenvalue weighted by atomic mass is 31.1. The van der Waals surface area contributed by atoms with E-state index in [1.807, 2.05) is 24.3 Å². The molecule has 162 valence electrons. The van der Waals surface area contributed by atoms with E-state index in [1.165, 1.54) is 0 Å². The molecule has 0 saturated carbocycles.